The van der Waals surface area contributed by atoms with Gasteiger partial charge in [0.25, 0.3) is 0 Å². The fourth-order valence-corrected chi connectivity index (χ4v) is 2.49. The molecule has 1 amide bonds. The number of nitrogens with two attached hydrogens (primary N) is 1. The van der Waals surface area contributed by atoms with Crippen LogP contribution in [0.4, 0.5) is 0 Å². The summed E-state index contributed by atoms with van der Waals surface area (Å²) in [6.45, 7) is 6.98. The standard InChI is InChI=1S/C17H26N2O/c1-12(2)10-16(18)17(20)19(15-8-9-15)11-14-6-4-13(3)5-7-14/h4-7,12,15-16H,8-11,18H2,1-3H3/t16-/m1/s1. The molecular weight excluding hydrogens is 248 g/mol. The minimum Gasteiger partial charge on any atom is -0.334 e. The van der Waals surface area contributed by atoms with E-state index in [1.54, 1.807) is 0 Å². The first-order valence-corrected chi connectivity index (χ1v) is 7.59. The Morgan fingerprint density at radius 2 is 1.90 bits per heavy atom. The van der Waals surface area contributed by atoms with Crippen LogP contribution in [-0.4, -0.2) is 22.9 Å². The Morgan fingerprint density at radius 3 is 2.40 bits per heavy atom. The van der Waals surface area contributed by atoms with Crippen molar-refractivity contribution >= 4 is 5.91 Å². The number of carbonyl (C=O) groups excluding carboxylic acids is 1. The van der Waals surface area contributed by atoms with E-state index in [2.05, 4.69) is 45.0 Å². The van der Waals surface area contributed by atoms with Crippen molar-refractivity contribution in [2.24, 2.45) is 11.7 Å². The Hall–Kier alpha value is -1.35. The predicted octanol–water partition coefficient (Wildman–Crippen LogP) is 2.86. The number of hydrogen-bond donors (Lipinski definition) is 1. The molecular formula is C17H26N2O. The van der Waals surface area contributed by atoms with Crippen molar-refractivity contribution in [3.63, 3.8) is 0 Å². The first kappa shape index (κ1) is 15.0. The maximum absolute atomic E-state index is 12.5. The first-order chi connectivity index (χ1) is 9.47. The second kappa shape index (κ2) is 6.40. The van der Waals surface area contributed by atoms with Crippen molar-refractivity contribution in [2.75, 3.05) is 0 Å². The highest BCUT2D eigenvalue weighted by Gasteiger charge is 2.34. The van der Waals surface area contributed by atoms with Gasteiger partial charge in [-0.2, -0.15) is 0 Å². The van der Waals surface area contributed by atoms with E-state index in [9.17, 15) is 4.79 Å². The van der Waals surface area contributed by atoms with Gasteiger partial charge >= 0.3 is 0 Å². The number of rotatable bonds is 6. The van der Waals surface area contributed by atoms with Gasteiger partial charge in [-0.1, -0.05) is 43.7 Å². The van der Waals surface area contributed by atoms with Gasteiger partial charge in [-0.15, -0.1) is 0 Å². The molecule has 1 fully saturated rings. The van der Waals surface area contributed by atoms with Crippen LogP contribution in [0.15, 0.2) is 24.3 Å². The molecule has 1 aromatic carbocycles. The van der Waals surface area contributed by atoms with E-state index in [-0.39, 0.29) is 11.9 Å². The van der Waals surface area contributed by atoms with E-state index in [1.165, 1.54) is 11.1 Å². The lowest BCUT2D eigenvalue weighted by atomic mass is 10.0. The van der Waals surface area contributed by atoms with Crippen LogP contribution in [0, 0.1) is 12.8 Å². The van der Waals surface area contributed by atoms with Crippen LogP contribution in [0.5, 0.6) is 0 Å². The van der Waals surface area contributed by atoms with Gasteiger partial charge in [-0.3, -0.25) is 4.79 Å². The Morgan fingerprint density at radius 1 is 1.30 bits per heavy atom. The summed E-state index contributed by atoms with van der Waals surface area (Å²) in [5.74, 6) is 0.566. The van der Waals surface area contributed by atoms with Gasteiger partial charge in [0.1, 0.15) is 0 Å². The summed E-state index contributed by atoms with van der Waals surface area (Å²) in [5.41, 5.74) is 8.50. The van der Waals surface area contributed by atoms with Crippen molar-refractivity contribution in [3.05, 3.63) is 35.4 Å². The number of benzene rings is 1. The molecule has 2 rings (SSSR count). The van der Waals surface area contributed by atoms with Crippen molar-refractivity contribution in [2.45, 2.75) is 58.7 Å². The normalized spacial score (nSPS) is 16.2. The van der Waals surface area contributed by atoms with Crippen LogP contribution in [0.1, 0.15) is 44.2 Å². The monoisotopic (exact) mass is 274 g/mol. The largest absolute Gasteiger partial charge is 0.334 e. The molecule has 1 aliphatic carbocycles. The van der Waals surface area contributed by atoms with Gasteiger partial charge in [0.05, 0.1) is 6.04 Å². The third-order valence-corrected chi connectivity index (χ3v) is 3.79. The second-order valence-electron chi connectivity index (χ2n) is 6.42. The van der Waals surface area contributed by atoms with Gasteiger partial charge in [0.15, 0.2) is 0 Å². The summed E-state index contributed by atoms with van der Waals surface area (Å²) in [4.78, 5) is 14.5. The summed E-state index contributed by atoms with van der Waals surface area (Å²) < 4.78 is 0. The molecule has 1 atom stereocenters. The summed E-state index contributed by atoms with van der Waals surface area (Å²) in [6, 6.07) is 8.44. The molecule has 0 heterocycles. The zero-order chi connectivity index (χ0) is 14.7. The zero-order valence-electron chi connectivity index (χ0n) is 12.8. The molecule has 110 valence electrons. The lowest BCUT2D eigenvalue weighted by Crippen LogP contribution is -2.45. The van der Waals surface area contributed by atoms with E-state index >= 15 is 0 Å². The second-order valence-corrected chi connectivity index (χ2v) is 6.42. The average molecular weight is 274 g/mol. The Kier molecular flexibility index (Phi) is 4.81. The SMILES string of the molecule is Cc1ccc(CN(C(=O)[C@H](N)CC(C)C)C2CC2)cc1. The minimum atomic E-state index is -0.360. The van der Waals surface area contributed by atoms with E-state index in [4.69, 9.17) is 5.73 Å². The number of amides is 1. The molecule has 0 spiro atoms. The molecule has 0 aliphatic heterocycles. The molecule has 0 bridgehead atoms. The molecule has 1 aromatic rings. The third-order valence-electron chi connectivity index (χ3n) is 3.79. The quantitative estimate of drug-likeness (QED) is 0.867. The van der Waals surface area contributed by atoms with Gasteiger partial charge in [0.2, 0.25) is 5.91 Å². The molecule has 1 saturated carbocycles. The maximum Gasteiger partial charge on any atom is 0.240 e. The highest BCUT2D eigenvalue weighted by atomic mass is 16.2. The van der Waals surface area contributed by atoms with Crippen molar-refractivity contribution < 1.29 is 4.79 Å². The van der Waals surface area contributed by atoms with Crippen LogP contribution in [0.2, 0.25) is 0 Å². The Labute approximate surface area is 122 Å². The van der Waals surface area contributed by atoms with Gasteiger partial charge in [-0.25, -0.2) is 0 Å². The molecule has 0 saturated heterocycles. The van der Waals surface area contributed by atoms with Crippen molar-refractivity contribution in [1.29, 1.82) is 0 Å². The van der Waals surface area contributed by atoms with E-state index < -0.39 is 0 Å². The maximum atomic E-state index is 12.5. The highest BCUT2D eigenvalue weighted by Crippen LogP contribution is 2.29. The molecule has 0 aromatic heterocycles. The molecule has 3 heteroatoms. The van der Waals surface area contributed by atoms with E-state index in [0.29, 0.717) is 18.5 Å². The number of aryl methyl sites for hydroxylation is 1. The van der Waals surface area contributed by atoms with Crippen LogP contribution in [-0.2, 0) is 11.3 Å². The fourth-order valence-electron chi connectivity index (χ4n) is 2.49. The van der Waals surface area contributed by atoms with Gasteiger partial charge < -0.3 is 10.6 Å². The van der Waals surface area contributed by atoms with E-state index in [1.807, 2.05) is 4.90 Å². The molecule has 3 nitrogen and oxygen atoms in total. The molecule has 0 radical (unpaired) electrons. The molecule has 0 unspecified atom stereocenters. The number of hydrogen-bond acceptors (Lipinski definition) is 2. The van der Waals surface area contributed by atoms with E-state index in [0.717, 1.165) is 19.3 Å². The summed E-state index contributed by atoms with van der Waals surface area (Å²) in [7, 11) is 0. The molecule has 20 heavy (non-hydrogen) atoms. The third kappa shape index (κ3) is 4.07. The summed E-state index contributed by atoms with van der Waals surface area (Å²) >= 11 is 0. The lowest BCUT2D eigenvalue weighted by molar-refractivity contribution is -0.134. The number of carbonyl (C=O) groups is 1. The summed E-state index contributed by atoms with van der Waals surface area (Å²) in [5, 5.41) is 0. The summed E-state index contributed by atoms with van der Waals surface area (Å²) in [6.07, 6.45) is 2.99. The van der Waals surface area contributed by atoms with Crippen LogP contribution >= 0.6 is 0 Å². The predicted molar refractivity (Wildman–Crippen MR) is 82.2 cm³/mol. The van der Waals surface area contributed by atoms with Crippen LogP contribution in [0.3, 0.4) is 0 Å². The van der Waals surface area contributed by atoms with Crippen LogP contribution < -0.4 is 5.73 Å². The first-order valence-electron chi connectivity index (χ1n) is 7.59. The highest BCUT2D eigenvalue weighted by molar-refractivity contribution is 5.82. The fraction of sp³-hybridized carbons (Fsp3) is 0.588. The smallest absolute Gasteiger partial charge is 0.240 e. The number of nitrogens with zero attached hydrogens (tertiary/aromatic N) is 1. The van der Waals surface area contributed by atoms with Gasteiger partial charge in [-0.05, 0) is 37.7 Å². The molecule has 1 aliphatic rings. The lowest BCUT2D eigenvalue weighted by Gasteiger charge is -2.26. The van der Waals surface area contributed by atoms with Gasteiger partial charge in [0, 0.05) is 12.6 Å². The topological polar surface area (TPSA) is 46.3 Å². The zero-order valence-corrected chi connectivity index (χ0v) is 12.8. The van der Waals surface area contributed by atoms with Crippen LogP contribution in [0.25, 0.3) is 0 Å². The Bertz CT molecular complexity index is 449. The minimum absolute atomic E-state index is 0.113. The Balaban J connectivity index is 2.03. The molecule has 2 N–H and O–H groups in total. The van der Waals surface area contributed by atoms with Crippen molar-refractivity contribution in [1.82, 2.24) is 4.90 Å². The average Bonchev–Trinajstić information content (AvgIpc) is 3.21. The van der Waals surface area contributed by atoms with Crippen molar-refractivity contribution in [3.8, 4) is 0 Å².